The van der Waals surface area contributed by atoms with Crippen LogP contribution in [0.1, 0.15) is 31.6 Å². The maximum absolute atomic E-state index is 12.5. The molecule has 0 aliphatic carbocycles. The van der Waals surface area contributed by atoms with Crippen molar-refractivity contribution in [3.63, 3.8) is 0 Å². The average Bonchev–Trinajstić information content (AvgIpc) is 3.14. The molecular formula is C21H21N5O2. The Morgan fingerprint density at radius 2 is 1.89 bits per heavy atom. The standard InChI is InChI=1S/C21H21N5O2/c1-14(20-24-17-9-4-5-10-18(17)25-20)23-19(27)11-6-12-26-13-22-16-8-3-2-7-15(16)21(26)28/h2-5,7-10,13-14H,6,11-12H2,1H3,(H,23,27)(H,24,25)/t14-/m0/s1. The van der Waals surface area contributed by atoms with E-state index in [4.69, 9.17) is 0 Å². The van der Waals surface area contributed by atoms with E-state index in [-0.39, 0.29) is 17.5 Å². The molecule has 2 aromatic carbocycles. The first-order valence-corrected chi connectivity index (χ1v) is 9.30. The third kappa shape index (κ3) is 3.64. The van der Waals surface area contributed by atoms with Crippen molar-refractivity contribution in [2.75, 3.05) is 0 Å². The summed E-state index contributed by atoms with van der Waals surface area (Å²) in [5.74, 6) is 0.652. The SMILES string of the molecule is C[C@H](NC(=O)CCCn1cnc2ccccc2c1=O)c1nc2ccccc2[nH]1. The Balaban J connectivity index is 1.34. The molecule has 0 fully saturated rings. The quantitative estimate of drug-likeness (QED) is 0.542. The fourth-order valence-corrected chi connectivity index (χ4v) is 3.23. The zero-order chi connectivity index (χ0) is 19.5. The van der Waals surface area contributed by atoms with E-state index in [0.29, 0.717) is 30.3 Å². The topological polar surface area (TPSA) is 92.7 Å². The van der Waals surface area contributed by atoms with Crippen LogP contribution in [0.2, 0.25) is 0 Å². The number of hydrogen-bond donors (Lipinski definition) is 2. The molecule has 0 radical (unpaired) electrons. The van der Waals surface area contributed by atoms with E-state index in [0.717, 1.165) is 16.9 Å². The first-order chi connectivity index (χ1) is 13.6. The monoisotopic (exact) mass is 375 g/mol. The Morgan fingerprint density at radius 1 is 1.14 bits per heavy atom. The van der Waals surface area contributed by atoms with Gasteiger partial charge in [-0.1, -0.05) is 24.3 Å². The Kier molecular flexibility index (Phi) is 4.89. The number of carbonyl (C=O) groups excluding carboxylic acids is 1. The third-order valence-electron chi connectivity index (χ3n) is 4.73. The van der Waals surface area contributed by atoms with Gasteiger partial charge in [0.2, 0.25) is 5.91 Å². The van der Waals surface area contributed by atoms with Crippen LogP contribution in [0.3, 0.4) is 0 Å². The maximum Gasteiger partial charge on any atom is 0.261 e. The Bertz CT molecular complexity index is 1160. The largest absolute Gasteiger partial charge is 0.346 e. The van der Waals surface area contributed by atoms with Crippen LogP contribution in [0.25, 0.3) is 21.9 Å². The van der Waals surface area contributed by atoms with Crippen molar-refractivity contribution in [1.29, 1.82) is 0 Å². The second kappa shape index (κ2) is 7.64. The molecule has 0 saturated heterocycles. The van der Waals surface area contributed by atoms with Gasteiger partial charge in [0.25, 0.3) is 5.56 Å². The van der Waals surface area contributed by atoms with E-state index < -0.39 is 0 Å². The number of benzene rings is 2. The molecule has 0 unspecified atom stereocenters. The Labute approximate surface area is 161 Å². The van der Waals surface area contributed by atoms with Gasteiger partial charge in [0.05, 0.1) is 34.3 Å². The number of hydrogen-bond acceptors (Lipinski definition) is 4. The first-order valence-electron chi connectivity index (χ1n) is 9.30. The number of H-pyrrole nitrogens is 1. The fourth-order valence-electron chi connectivity index (χ4n) is 3.23. The molecule has 7 heteroatoms. The summed E-state index contributed by atoms with van der Waals surface area (Å²) in [7, 11) is 0. The van der Waals surface area contributed by atoms with Gasteiger partial charge in [-0.3, -0.25) is 14.2 Å². The lowest BCUT2D eigenvalue weighted by atomic mass is 10.2. The van der Waals surface area contributed by atoms with E-state index in [1.807, 2.05) is 49.4 Å². The second-order valence-electron chi connectivity index (χ2n) is 6.79. The van der Waals surface area contributed by atoms with E-state index >= 15 is 0 Å². The molecule has 4 rings (SSSR count). The third-order valence-corrected chi connectivity index (χ3v) is 4.73. The van der Waals surface area contributed by atoms with Crippen molar-refractivity contribution in [3.05, 3.63) is 71.0 Å². The molecule has 142 valence electrons. The van der Waals surface area contributed by atoms with Crippen LogP contribution in [0.4, 0.5) is 0 Å². The van der Waals surface area contributed by atoms with Gasteiger partial charge >= 0.3 is 0 Å². The number of aromatic nitrogens is 4. The highest BCUT2D eigenvalue weighted by atomic mass is 16.1. The van der Waals surface area contributed by atoms with E-state index in [2.05, 4.69) is 20.3 Å². The minimum absolute atomic E-state index is 0.0743. The summed E-state index contributed by atoms with van der Waals surface area (Å²) in [4.78, 5) is 36.8. The van der Waals surface area contributed by atoms with Crippen molar-refractivity contribution in [2.24, 2.45) is 0 Å². The van der Waals surface area contributed by atoms with Crippen LogP contribution in [0.15, 0.2) is 59.7 Å². The molecule has 2 heterocycles. The van der Waals surface area contributed by atoms with Gasteiger partial charge in [-0.25, -0.2) is 9.97 Å². The van der Waals surface area contributed by atoms with Gasteiger partial charge in [0.15, 0.2) is 0 Å². The van der Waals surface area contributed by atoms with Crippen molar-refractivity contribution in [1.82, 2.24) is 24.8 Å². The van der Waals surface area contributed by atoms with Gasteiger partial charge in [-0.15, -0.1) is 0 Å². The minimum atomic E-state index is -0.218. The van der Waals surface area contributed by atoms with Gasteiger partial charge in [-0.2, -0.15) is 0 Å². The number of nitrogens with zero attached hydrogens (tertiary/aromatic N) is 3. The predicted octanol–water partition coefficient (Wildman–Crippen LogP) is 2.93. The first kappa shape index (κ1) is 17.9. The molecule has 2 aromatic heterocycles. The number of amides is 1. The summed E-state index contributed by atoms with van der Waals surface area (Å²) in [5.41, 5.74) is 2.42. The highest BCUT2D eigenvalue weighted by Crippen LogP contribution is 2.15. The van der Waals surface area contributed by atoms with Crippen molar-refractivity contribution in [2.45, 2.75) is 32.4 Å². The molecule has 1 amide bonds. The number of nitrogens with one attached hydrogen (secondary N) is 2. The molecule has 0 aliphatic heterocycles. The van der Waals surface area contributed by atoms with Crippen molar-refractivity contribution in [3.8, 4) is 0 Å². The summed E-state index contributed by atoms with van der Waals surface area (Å²) in [5, 5.41) is 3.54. The van der Waals surface area contributed by atoms with Crippen LogP contribution in [0.5, 0.6) is 0 Å². The molecule has 0 saturated carbocycles. The van der Waals surface area contributed by atoms with E-state index in [1.54, 1.807) is 17.0 Å². The fraction of sp³-hybridized carbons (Fsp3) is 0.238. The minimum Gasteiger partial charge on any atom is -0.346 e. The summed E-state index contributed by atoms with van der Waals surface area (Å²) < 4.78 is 1.55. The predicted molar refractivity (Wildman–Crippen MR) is 108 cm³/mol. The number of rotatable bonds is 6. The molecule has 0 bridgehead atoms. The normalized spacial score (nSPS) is 12.3. The lowest BCUT2D eigenvalue weighted by Crippen LogP contribution is -2.28. The van der Waals surface area contributed by atoms with Crippen LogP contribution in [-0.4, -0.2) is 25.4 Å². The molecule has 4 aromatic rings. The molecule has 7 nitrogen and oxygen atoms in total. The maximum atomic E-state index is 12.5. The summed E-state index contributed by atoms with van der Waals surface area (Å²) in [6.07, 6.45) is 2.42. The number of fused-ring (bicyclic) bond motifs is 2. The zero-order valence-corrected chi connectivity index (χ0v) is 15.6. The number of aromatic amines is 1. The number of aryl methyl sites for hydroxylation is 1. The lowest BCUT2D eigenvalue weighted by Gasteiger charge is -2.12. The summed E-state index contributed by atoms with van der Waals surface area (Å²) in [6.45, 7) is 2.34. The van der Waals surface area contributed by atoms with Gasteiger partial charge < -0.3 is 10.3 Å². The smallest absolute Gasteiger partial charge is 0.261 e. The van der Waals surface area contributed by atoms with Crippen LogP contribution in [0, 0.1) is 0 Å². The molecule has 0 spiro atoms. The summed E-state index contributed by atoms with van der Waals surface area (Å²) in [6, 6.07) is 14.8. The number of imidazole rings is 1. The lowest BCUT2D eigenvalue weighted by molar-refractivity contribution is -0.121. The highest BCUT2D eigenvalue weighted by molar-refractivity contribution is 5.78. The van der Waals surface area contributed by atoms with Crippen molar-refractivity contribution < 1.29 is 4.79 Å². The van der Waals surface area contributed by atoms with Gasteiger partial charge in [0, 0.05) is 13.0 Å². The Hall–Kier alpha value is -3.48. The number of para-hydroxylation sites is 3. The van der Waals surface area contributed by atoms with Crippen LogP contribution >= 0.6 is 0 Å². The highest BCUT2D eigenvalue weighted by Gasteiger charge is 2.13. The van der Waals surface area contributed by atoms with Crippen molar-refractivity contribution >= 4 is 27.8 Å². The molecule has 1 atom stereocenters. The van der Waals surface area contributed by atoms with E-state index in [1.165, 1.54) is 0 Å². The molecule has 2 N–H and O–H groups in total. The second-order valence-corrected chi connectivity index (χ2v) is 6.79. The number of carbonyl (C=O) groups is 1. The van der Waals surface area contributed by atoms with Crippen LogP contribution < -0.4 is 10.9 Å². The zero-order valence-electron chi connectivity index (χ0n) is 15.6. The van der Waals surface area contributed by atoms with Gasteiger partial charge in [-0.05, 0) is 37.6 Å². The molecule has 28 heavy (non-hydrogen) atoms. The summed E-state index contributed by atoms with van der Waals surface area (Å²) >= 11 is 0. The molecule has 0 aliphatic rings. The van der Waals surface area contributed by atoms with Gasteiger partial charge in [0.1, 0.15) is 5.82 Å². The van der Waals surface area contributed by atoms with E-state index in [9.17, 15) is 9.59 Å². The average molecular weight is 375 g/mol. The molecular weight excluding hydrogens is 354 g/mol. The van der Waals surface area contributed by atoms with Crippen LogP contribution in [-0.2, 0) is 11.3 Å². The Morgan fingerprint density at radius 3 is 2.71 bits per heavy atom.